The molecule has 0 saturated carbocycles. The predicted octanol–water partition coefficient (Wildman–Crippen LogP) is 1.46. The average Bonchev–Trinajstić information content (AvgIpc) is 2.33. The lowest BCUT2D eigenvalue weighted by Gasteiger charge is -2.16. The molecular formula is C14H16N2O2. The normalized spacial score (nSPS) is 11.2. The number of amides is 1. The Bertz CT molecular complexity index is 476. The number of nitriles is 1. The average molecular weight is 244 g/mol. The third-order valence-electron chi connectivity index (χ3n) is 2.16. The number of benzene rings is 1. The van der Waals surface area contributed by atoms with E-state index >= 15 is 0 Å². The molecule has 0 aromatic heterocycles. The van der Waals surface area contributed by atoms with Crippen LogP contribution in [0.25, 0.3) is 6.08 Å². The number of nitrogens with one attached hydrogen (secondary N) is 1. The molecule has 0 bridgehead atoms. The van der Waals surface area contributed by atoms with Gasteiger partial charge in [-0.3, -0.25) is 4.79 Å². The maximum atomic E-state index is 11.4. The van der Waals surface area contributed by atoms with Crippen molar-refractivity contribution in [3.05, 3.63) is 41.5 Å². The summed E-state index contributed by atoms with van der Waals surface area (Å²) < 4.78 is 0. The van der Waals surface area contributed by atoms with Crippen LogP contribution in [0, 0.1) is 11.3 Å². The van der Waals surface area contributed by atoms with Crippen molar-refractivity contribution in [2.75, 3.05) is 6.54 Å². The molecule has 0 saturated heterocycles. The Morgan fingerprint density at radius 1 is 1.44 bits per heavy atom. The summed E-state index contributed by atoms with van der Waals surface area (Å²) in [5, 5.41) is 20.7. The van der Waals surface area contributed by atoms with Gasteiger partial charge in [0.25, 0.3) is 0 Å². The van der Waals surface area contributed by atoms with Crippen LogP contribution < -0.4 is 5.32 Å². The second-order valence-electron chi connectivity index (χ2n) is 4.60. The molecule has 0 heterocycles. The van der Waals surface area contributed by atoms with E-state index in [1.54, 1.807) is 44.2 Å². The molecule has 0 unspecified atom stereocenters. The summed E-state index contributed by atoms with van der Waals surface area (Å²) in [5.74, 6) is -0.263. The Hall–Kier alpha value is -2.12. The lowest BCUT2D eigenvalue weighted by Crippen LogP contribution is -2.37. The molecule has 18 heavy (non-hydrogen) atoms. The van der Waals surface area contributed by atoms with E-state index in [2.05, 4.69) is 5.32 Å². The number of carbonyl (C=O) groups is 1. The molecule has 0 fully saturated rings. The quantitative estimate of drug-likeness (QED) is 0.787. The second-order valence-corrected chi connectivity index (χ2v) is 4.60. The highest BCUT2D eigenvalue weighted by Gasteiger charge is 2.12. The monoisotopic (exact) mass is 244 g/mol. The fraction of sp³-hybridized carbons (Fsp3) is 0.286. The largest absolute Gasteiger partial charge is 0.389 e. The van der Waals surface area contributed by atoms with Crippen molar-refractivity contribution in [3.63, 3.8) is 0 Å². The molecular weight excluding hydrogens is 228 g/mol. The smallest absolute Gasteiger partial charge is 0.244 e. The van der Waals surface area contributed by atoms with E-state index in [-0.39, 0.29) is 12.5 Å². The standard InChI is InChI=1S/C14H16N2O2/c1-14(2,18)10-16-13(17)8-7-11-3-5-12(9-15)6-4-11/h3-8,18H,10H2,1-2H3,(H,16,17). The Kier molecular flexibility index (Phi) is 4.64. The summed E-state index contributed by atoms with van der Waals surface area (Å²) >= 11 is 0. The van der Waals surface area contributed by atoms with E-state index in [0.717, 1.165) is 5.56 Å². The van der Waals surface area contributed by atoms with E-state index < -0.39 is 5.60 Å². The summed E-state index contributed by atoms with van der Waals surface area (Å²) in [6.45, 7) is 3.44. The zero-order chi connectivity index (χ0) is 13.6. The molecule has 1 aromatic rings. The molecule has 0 radical (unpaired) electrons. The highest BCUT2D eigenvalue weighted by molar-refractivity contribution is 5.91. The van der Waals surface area contributed by atoms with E-state index in [1.807, 2.05) is 6.07 Å². The van der Waals surface area contributed by atoms with Crippen LogP contribution in [-0.4, -0.2) is 23.2 Å². The number of rotatable bonds is 4. The molecule has 4 heteroatoms. The van der Waals surface area contributed by atoms with Crippen molar-refractivity contribution in [1.29, 1.82) is 5.26 Å². The van der Waals surface area contributed by atoms with Gasteiger partial charge in [-0.1, -0.05) is 12.1 Å². The number of hydrogen-bond donors (Lipinski definition) is 2. The van der Waals surface area contributed by atoms with Crippen molar-refractivity contribution in [2.24, 2.45) is 0 Å². The van der Waals surface area contributed by atoms with Crippen LogP contribution in [0.5, 0.6) is 0 Å². The van der Waals surface area contributed by atoms with Gasteiger partial charge in [0.05, 0.1) is 17.2 Å². The van der Waals surface area contributed by atoms with Gasteiger partial charge in [0.2, 0.25) is 5.91 Å². The first-order valence-corrected chi connectivity index (χ1v) is 5.59. The molecule has 94 valence electrons. The van der Waals surface area contributed by atoms with Crippen LogP contribution in [0.15, 0.2) is 30.3 Å². The molecule has 0 aliphatic carbocycles. The molecule has 0 spiro atoms. The van der Waals surface area contributed by atoms with Gasteiger partial charge in [-0.2, -0.15) is 5.26 Å². The van der Waals surface area contributed by atoms with Gasteiger partial charge >= 0.3 is 0 Å². The van der Waals surface area contributed by atoms with Gasteiger partial charge < -0.3 is 10.4 Å². The van der Waals surface area contributed by atoms with E-state index in [0.29, 0.717) is 5.56 Å². The maximum Gasteiger partial charge on any atom is 0.244 e. The lowest BCUT2D eigenvalue weighted by molar-refractivity contribution is -0.117. The Morgan fingerprint density at radius 3 is 2.56 bits per heavy atom. The fourth-order valence-electron chi connectivity index (χ4n) is 1.20. The zero-order valence-electron chi connectivity index (χ0n) is 10.5. The molecule has 1 aromatic carbocycles. The van der Waals surface area contributed by atoms with Crippen molar-refractivity contribution < 1.29 is 9.90 Å². The first-order chi connectivity index (χ1) is 8.40. The second kappa shape index (κ2) is 5.99. The molecule has 0 aliphatic heterocycles. The van der Waals surface area contributed by atoms with Gasteiger partial charge in [0.1, 0.15) is 0 Å². The lowest BCUT2D eigenvalue weighted by atomic mass is 10.1. The van der Waals surface area contributed by atoms with Crippen molar-refractivity contribution in [3.8, 4) is 6.07 Å². The molecule has 2 N–H and O–H groups in total. The Labute approximate surface area is 107 Å². The van der Waals surface area contributed by atoms with Crippen LogP contribution in [0.4, 0.5) is 0 Å². The molecule has 1 rings (SSSR count). The van der Waals surface area contributed by atoms with E-state index in [9.17, 15) is 9.90 Å². The highest BCUT2D eigenvalue weighted by Crippen LogP contribution is 2.05. The number of carbonyl (C=O) groups excluding carboxylic acids is 1. The summed E-state index contributed by atoms with van der Waals surface area (Å²) in [4.78, 5) is 11.4. The van der Waals surface area contributed by atoms with Gasteiger partial charge in [0, 0.05) is 12.6 Å². The summed E-state index contributed by atoms with van der Waals surface area (Å²) in [6, 6.07) is 8.93. The van der Waals surface area contributed by atoms with E-state index in [1.165, 1.54) is 6.08 Å². The SMILES string of the molecule is CC(C)(O)CNC(=O)C=Cc1ccc(C#N)cc1. The Balaban J connectivity index is 2.53. The molecule has 0 aliphatic rings. The molecule has 4 nitrogen and oxygen atoms in total. The summed E-state index contributed by atoms with van der Waals surface area (Å²) in [6.07, 6.45) is 3.05. The summed E-state index contributed by atoms with van der Waals surface area (Å²) in [5.41, 5.74) is 0.504. The minimum Gasteiger partial charge on any atom is -0.389 e. The summed E-state index contributed by atoms with van der Waals surface area (Å²) in [7, 11) is 0. The first kappa shape index (κ1) is 13.9. The van der Waals surface area contributed by atoms with Crippen molar-refractivity contribution in [2.45, 2.75) is 19.4 Å². The molecule has 0 atom stereocenters. The number of hydrogen-bond acceptors (Lipinski definition) is 3. The number of aliphatic hydroxyl groups is 1. The topological polar surface area (TPSA) is 73.1 Å². The van der Waals surface area contributed by atoms with Crippen molar-refractivity contribution in [1.82, 2.24) is 5.32 Å². The van der Waals surface area contributed by atoms with Gasteiger partial charge in [-0.15, -0.1) is 0 Å². The predicted molar refractivity (Wildman–Crippen MR) is 69.5 cm³/mol. The van der Waals surface area contributed by atoms with Gasteiger partial charge in [0.15, 0.2) is 0 Å². The van der Waals surface area contributed by atoms with Crippen LogP contribution in [-0.2, 0) is 4.79 Å². The third-order valence-corrected chi connectivity index (χ3v) is 2.16. The van der Waals surface area contributed by atoms with Crippen LogP contribution in [0.2, 0.25) is 0 Å². The van der Waals surface area contributed by atoms with Crippen molar-refractivity contribution >= 4 is 12.0 Å². The third kappa shape index (κ3) is 5.28. The first-order valence-electron chi connectivity index (χ1n) is 5.59. The number of nitrogens with zero attached hydrogens (tertiary/aromatic N) is 1. The van der Waals surface area contributed by atoms with E-state index in [4.69, 9.17) is 5.26 Å². The minimum atomic E-state index is -0.919. The van der Waals surface area contributed by atoms with Crippen LogP contribution in [0.1, 0.15) is 25.0 Å². The van der Waals surface area contributed by atoms with Gasteiger partial charge in [-0.25, -0.2) is 0 Å². The Morgan fingerprint density at radius 2 is 2.06 bits per heavy atom. The van der Waals surface area contributed by atoms with Gasteiger partial charge in [-0.05, 0) is 37.6 Å². The minimum absolute atomic E-state index is 0.198. The fourth-order valence-corrected chi connectivity index (χ4v) is 1.20. The van der Waals surface area contributed by atoms with Crippen LogP contribution >= 0.6 is 0 Å². The zero-order valence-corrected chi connectivity index (χ0v) is 10.5. The molecule has 1 amide bonds. The van der Waals surface area contributed by atoms with Crippen LogP contribution in [0.3, 0.4) is 0 Å². The maximum absolute atomic E-state index is 11.4. The highest BCUT2D eigenvalue weighted by atomic mass is 16.3.